The molecule has 0 bridgehead atoms. The van der Waals surface area contributed by atoms with E-state index in [0.29, 0.717) is 22.8 Å². The largest absolute Gasteiger partial charge is 0.497 e. The molecule has 1 aliphatic heterocycles. The smallest absolute Gasteiger partial charge is 0.335 e. The van der Waals surface area contributed by atoms with Gasteiger partial charge in [-0.05, 0) is 24.3 Å². The fourth-order valence-electron chi connectivity index (χ4n) is 4.21. The number of nitrogens with one attached hydrogen (secondary N) is 1. The highest BCUT2D eigenvalue weighted by molar-refractivity contribution is 6.04. The molecule has 0 saturated heterocycles. The van der Waals surface area contributed by atoms with Gasteiger partial charge in [0.15, 0.2) is 0 Å². The summed E-state index contributed by atoms with van der Waals surface area (Å²) in [5, 5.41) is 16.8. The number of para-hydroxylation sites is 2. The second-order valence-corrected chi connectivity index (χ2v) is 7.93. The predicted octanol–water partition coefficient (Wildman–Crippen LogP) is 2.34. The van der Waals surface area contributed by atoms with Crippen LogP contribution in [0.1, 0.15) is 36.9 Å². The molecule has 36 heavy (non-hydrogen) atoms. The van der Waals surface area contributed by atoms with E-state index in [1.807, 2.05) is 0 Å². The van der Waals surface area contributed by atoms with Crippen LogP contribution in [0.5, 0.6) is 23.1 Å². The molecule has 1 atom stereocenters. The van der Waals surface area contributed by atoms with Crippen molar-refractivity contribution in [2.75, 3.05) is 21.3 Å². The van der Waals surface area contributed by atoms with Gasteiger partial charge in [0.05, 0.1) is 38.8 Å². The molecule has 2 heterocycles. The standard InChI is InChI=1S/C25H26N4O7/c1-5-21(30)29-18(15-11-10-14(34-2)12-20(15)36-4)13-16(27-29)22-23(31)26-25(33)28(24(22)32)17-8-6-7-9-19(17)35-3/h6-12,18,32H,5,13H2,1-4H3,(H,26,31,33). The molecule has 0 spiro atoms. The van der Waals surface area contributed by atoms with E-state index in [4.69, 9.17) is 14.2 Å². The molecule has 0 fully saturated rings. The number of H-pyrrole nitrogens is 1. The topological polar surface area (TPSA) is 135 Å². The van der Waals surface area contributed by atoms with Gasteiger partial charge in [0, 0.05) is 24.5 Å². The Morgan fingerprint density at radius 3 is 2.47 bits per heavy atom. The fraction of sp³-hybridized carbons (Fsp3) is 0.280. The van der Waals surface area contributed by atoms with Crippen molar-refractivity contribution in [1.82, 2.24) is 14.6 Å². The minimum Gasteiger partial charge on any atom is -0.497 e. The van der Waals surface area contributed by atoms with Crippen LogP contribution in [0.15, 0.2) is 57.2 Å². The lowest BCUT2D eigenvalue weighted by molar-refractivity contribution is -0.132. The highest BCUT2D eigenvalue weighted by Crippen LogP contribution is 2.40. The molecule has 2 aromatic carbocycles. The molecule has 1 aliphatic rings. The van der Waals surface area contributed by atoms with Gasteiger partial charge in [0.2, 0.25) is 11.8 Å². The number of benzene rings is 2. The first-order valence-electron chi connectivity index (χ1n) is 11.2. The number of nitrogens with zero attached hydrogens (tertiary/aromatic N) is 3. The summed E-state index contributed by atoms with van der Waals surface area (Å²) >= 11 is 0. The number of hydrogen-bond donors (Lipinski definition) is 2. The summed E-state index contributed by atoms with van der Waals surface area (Å²) in [6.45, 7) is 1.70. The summed E-state index contributed by atoms with van der Waals surface area (Å²) in [4.78, 5) is 40.7. The van der Waals surface area contributed by atoms with Crippen molar-refractivity contribution in [2.45, 2.75) is 25.8 Å². The second-order valence-electron chi connectivity index (χ2n) is 7.93. The number of hydrazone groups is 1. The molecule has 1 aromatic heterocycles. The number of carbonyl (C=O) groups excluding carboxylic acids is 1. The molecule has 1 amide bonds. The lowest BCUT2D eigenvalue weighted by Gasteiger charge is -2.23. The third-order valence-corrected chi connectivity index (χ3v) is 5.97. The van der Waals surface area contributed by atoms with Gasteiger partial charge in [0.1, 0.15) is 22.8 Å². The van der Waals surface area contributed by atoms with Crippen molar-refractivity contribution in [3.05, 3.63) is 74.4 Å². The molecule has 0 saturated carbocycles. The van der Waals surface area contributed by atoms with Crippen LogP contribution in [0.2, 0.25) is 0 Å². The third kappa shape index (κ3) is 4.19. The Bertz CT molecular complexity index is 1460. The van der Waals surface area contributed by atoms with Crippen molar-refractivity contribution < 1.29 is 24.1 Å². The van der Waals surface area contributed by atoms with Crippen LogP contribution in [0.3, 0.4) is 0 Å². The highest BCUT2D eigenvalue weighted by atomic mass is 16.5. The molecule has 3 aromatic rings. The Balaban J connectivity index is 1.87. The van der Waals surface area contributed by atoms with E-state index >= 15 is 0 Å². The number of methoxy groups -OCH3 is 3. The summed E-state index contributed by atoms with van der Waals surface area (Å²) in [5.74, 6) is 0.452. The maximum absolute atomic E-state index is 12.9. The van der Waals surface area contributed by atoms with Crippen molar-refractivity contribution in [2.24, 2.45) is 5.10 Å². The van der Waals surface area contributed by atoms with Crippen LogP contribution in [-0.4, -0.2) is 52.6 Å². The third-order valence-electron chi connectivity index (χ3n) is 5.97. The van der Waals surface area contributed by atoms with Gasteiger partial charge in [0.25, 0.3) is 5.56 Å². The molecule has 4 rings (SSSR count). The first kappa shape index (κ1) is 24.6. The van der Waals surface area contributed by atoms with Crippen molar-refractivity contribution in [3.63, 3.8) is 0 Å². The molecule has 188 valence electrons. The predicted molar refractivity (Wildman–Crippen MR) is 131 cm³/mol. The van der Waals surface area contributed by atoms with E-state index in [1.54, 1.807) is 49.4 Å². The van der Waals surface area contributed by atoms with Crippen molar-refractivity contribution in [3.8, 4) is 28.8 Å². The number of carbonyl (C=O) groups is 1. The quantitative estimate of drug-likeness (QED) is 0.515. The van der Waals surface area contributed by atoms with Gasteiger partial charge < -0.3 is 19.3 Å². The summed E-state index contributed by atoms with van der Waals surface area (Å²) in [7, 11) is 4.46. The zero-order chi connectivity index (χ0) is 26.0. The Kier molecular flexibility index (Phi) is 6.82. The second kappa shape index (κ2) is 9.98. The first-order valence-corrected chi connectivity index (χ1v) is 11.2. The van der Waals surface area contributed by atoms with Gasteiger partial charge in [-0.25, -0.2) is 14.4 Å². The fourth-order valence-corrected chi connectivity index (χ4v) is 4.21. The lowest BCUT2D eigenvalue weighted by Crippen LogP contribution is -2.33. The van der Waals surface area contributed by atoms with E-state index in [-0.39, 0.29) is 35.7 Å². The molecule has 11 nitrogen and oxygen atoms in total. The number of aromatic nitrogens is 2. The van der Waals surface area contributed by atoms with Crippen LogP contribution < -0.4 is 25.5 Å². The van der Waals surface area contributed by atoms with Gasteiger partial charge in [-0.1, -0.05) is 19.1 Å². The average molecular weight is 495 g/mol. The Morgan fingerprint density at radius 2 is 1.81 bits per heavy atom. The van der Waals surface area contributed by atoms with E-state index < -0.39 is 23.2 Å². The van der Waals surface area contributed by atoms with Gasteiger partial charge in [-0.3, -0.25) is 14.6 Å². The van der Waals surface area contributed by atoms with E-state index in [0.717, 1.165) is 4.57 Å². The molecular formula is C25H26N4O7. The van der Waals surface area contributed by atoms with Gasteiger partial charge in [-0.2, -0.15) is 5.10 Å². The van der Waals surface area contributed by atoms with Crippen LogP contribution in [-0.2, 0) is 4.79 Å². The highest BCUT2D eigenvalue weighted by Gasteiger charge is 2.37. The number of amides is 1. The molecule has 0 radical (unpaired) electrons. The summed E-state index contributed by atoms with van der Waals surface area (Å²) in [6.07, 6.45) is 0.254. The Morgan fingerprint density at radius 1 is 1.08 bits per heavy atom. The maximum Gasteiger partial charge on any atom is 0.335 e. The van der Waals surface area contributed by atoms with E-state index in [1.165, 1.54) is 26.3 Å². The summed E-state index contributed by atoms with van der Waals surface area (Å²) in [6, 6.07) is 11.1. The molecule has 0 aliphatic carbocycles. The molecular weight excluding hydrogens is 468 g/mol. The van der Waals surface area contributed by atoms with E-state index in [9.17, 15) is 19.5 Å². The Hall–Kier alpha value is -4.54. The van der Waals surface area contributed by atoms with Crippen LogP contribution in [0, 0.1) is 0 Å². The SMILES string of the molecule is CCC(=O)N1N=C(c2c(O)n(-c3ccccc3OC)c(=O)[nH]c2=O)CC1c1ccc(OC)cc1OC. The number of aromatic amines is 1. The minimum atomic E-state index is -0.848. The minimum absolute atomic E-state index is 0.0925. The van der Waals surface area contributed by atoms with Crippen molar-refractivity contribution in [1.29, 1.82) is 0 Å². The van der Waals surface area contributed by atoms with Crippen LogP contribution in [0.25, 0.3) is 5.69 Å². The summed E-state index contributed by atoms with van der Waals surface area (Å²) < 4.78 is 17.0. The van der Waals surface area contributed by atoms with Crippen LogP contribution >= 0.6 is 0 Å². The van der Waals surface area contributed by atoms with Crippen LogP contribution in [0.4, 0.5) is 0 Å². The first-order chi connectivity index (χ1) is 17.3. The molecule has 1 unspecified atom stereocenters. The van der Waals surface area contributed by atoms with Gasteiger partial charge in [-0.15, -0.1) is 0 Å². The number of ether oxygens (including phenoxy) is 3. The summed E-state index contributed by atoms with van der Waals surface area (Å²) in [5.41, 5.74) is -0.874. The normalized spacial score (nSPS) is 14.9. The zero-order valence-corrected chi connectivity index (χ0v) is 20.3. The lowest BCUT2D eigenvalue weighted by atomic mass is 9.98. The zero-order valence-electron chi connectivity index (χ0n) is 20.3. The maximum atomic E-state index is 12.9. The number of rotatable bonds is 7. The molecule has 11 heteroatoms. The number of hydrogen-bond acceptors (Lipinski definition) is 8. The monoisotopic (exact) mass is 494 g/mol. The number of aromatic hydroxyl groups is 1. The van der Waals surface area contributed by atoms with Gasteiger partial charge >= 0.3 is 5.69 Å². The van der Waals surface area contributed by atoms with E-state index in [2.05, 4.69) is 10.1 Å². The molecule has 2 N–H and O–H groups in total. The Labute approximate surface area is 206 Å². The van der Waals surface area contributed by atoms with Crippen molar-refractivity contribution >= 4 is 11.6 Å². The average Bonchev–Trinajstić information content (AvgIpc) is 3.32.